The Morgan fingerprint density at radius 2 is 1.73 bits per heavy atom. The van der Waals surface area contributed by atoms with Gasteiger partial charge in [0.25, 0.3) is 0 Å². The van der Waals surface area contributed by atoms with Gasteiger partial charge in [-0.05, 0) is 42.3 Å². The summed E-state index contributed by atoms with van der Waals surface area (Å²) < 4.78 is 34.6. The Balaban J connectivity index is 1.34. The van der Waals surface area contributed by atoms with E-state index in [1.54, 1.807) is 4.57 Å². The van der Waals surface area contributed by atoms with Gasteiger partial charge >= 0.3 is 11.7 Å². The summed E-state index contributed by atoms with van der Waals surface area (Å²) in [5.74, 6) is -0.624. The Labute approximate surface area is 190 Å². The Bertz CT molecular complexity index is 1430. The molecule has 4 rings (SSSR count). The summed E-state index contributed by atoms with van der Waals surface area (Å²) >= 11 is 0. The van der Waals surface area contributed by atoms with Crippen molar-refractivity contribution in [2.24, 2.45) is 0 Å². The van der Waals surface area contributed by atoms with Gasteiger partial charge in [-0.25, -0.2) is 22.7 Å². The summed E-state index contributed by atoms with van der Waals surface area (Å²) in [6, 6.07) is 22.2. The van der Waals surface area contributed by atoms with Crippen molar-refractivity contribution in [1.29, 1.82) is 0 Å². The molecular weight excluding hydrogens is 442 g/mol. The fourth-order valence-corrected chi connectivity index (χ4v) is 4.51. The molecule has 33 heavy (non-hydrogen) atoms. The van der Waals surface area contributed by atoms with Crippen molar-refractivity contribution in [3.8, 4) is 0 Å². The molecule has 1 aromatic heterocycles. The number of aryl methyl sites for hydroxylation is 1. The number of esters is 1. The van der Waals surface area contributed by atoms with Crippen LogP contribution in [0.3, 0.4) is 0 Å². The second-order valence-electron chi connectivity index (χ2n) is 7.43. The number of carbonyl (C=O) groups is 1. The van der Waals surface area contributed by atoms with E-state index in [1.807, 2.05) is 54.6 Å². The van der Waals surface area contributed by atoms with Crippen molar-refractivity contribution < 1.29 is 17.9 Å². The van der Waals surface area contributed by atoms with E-state index in [2.05, 4.69) is 9.71 Å². The topological polar surface area (TPSA) is 110 Å². The maximum absolute atomic E-state index is 12.6. The third-order valence-electron chi connectivity index (χ3n) is 5.13. The Hall–Kier alpha value is -3.69. The number of carbonyl (C=O) groups excluding carboxylic acids is 1. The van der Waals surface area contributed by atoms with Crippen molar-refractivity contribution >= 4 is 27.0 Å². The summed E-state index contributed by atoms with van der Waals surface area (Å²) in [5, 5.41) is 0. The Morgan fingerprint density at radius 3 is 2.55 bits per heavy atom. The molecule has 0 fully saturated rings. The molecule has 9 heteroatoms. The van der Waals surface area contributed by atoms with Gasteiger partial charge in [0.15, 0.2) is 0 Å². The van der Waals surface area contributed by atoms with Crippen LogP contribution in [0.5, 0.6) is 0 Å². The van der Waals surface area contributed by atoms with E-state index >= 15 is 0 Å². The molecule has 0 amide bonds. The van der Waals surface area contributed by atoms with Crippen molar-refractivity contribution in [1.82, 2.24) is 14.3 Å². The number of aromatic nitrogens is 2. The summed E-state index contributed by atoms with van der Waals surface area (Å²) in [7, 11) is -3.79. The highest BCUT2D eigenvalue weighted by atomic mass is 32.2. The number of para-hydroxylation sites is 2. The molecule has 8 nitrogen and oxygen atoms in total. The quantitative estimate of drug-likeness (QED) is 0.292. The van der Waals surface area contributed by atoms with Gasteiger partial charge in [0, 0.05) is 13.1 Å². The third kappa shape index (κ3) is 5.39. The number of sulfonamides is 1. The summed E-state index contributed by atoms with van der Waals surface area (Å²) in [5.41, 5.74) is 2.28. The van der Waals surface area contributed by atoms with E-state index in [-0.39, 0.29) is 29.3 Å². The molecule has 0 saturated carbocycles. The van der Waals surface area contributed by atoms with Crippen LogP contribution in [0, 0.1) is 0 Å². The number of hydrogen-bond acceptors (Lipinski definition) is 5. The Morgan fingerprint density at radius 1 is 0.970 bits per heavy atom. The molecule has 1 heterocycles. The van der Waals surface area contributed by atoms with Crippen LogP contribution in [0.15, 0.2) is 88.6 Å². The fraction of sp³-hybridized carbons (Fsp3) is 0.167. The van der Waals surface area contributed by atoms with Gasteiger partial charge in [0.2, 0.25) is 10.0 Å². The number of nitrogens with zero attached hydrogens (tertiary/aromatic N) is 1. The molecule has 0 atom stereocenters. The van der Waals surface area contributed by atoms with Crippen molar-refractivity contribution in [3.63, 3.8) is 0 Å². The zero-order valence-corrected chi connectivity index (χ0v) is 18.5. The number of ether oxygens (including phenoxy) is 1. The summed E-state index contributed by atoms with van der Waals surface area (Å²) in [6.45, 7) is 0.618. The maximum Gasteiger partial charge on any atom is 0.338 e. The van der Waals surface area contributed by atoms with Crippen LogP contribution >= 0.6 is 0 Å². The van der Waals surface area contributed by atoms with Crippen LogP contribution in [0.25, 0.3) is 11.0 Å². The molecule has 0 bridgehead atoms. The van der Waals surface area contributed by atoms with Gasteiger partial charge in [-0.3, -0.25) is 4.57 Å². The van der Waals surface area contributed by atoms with Crippen molar-refractivity contribution in [2.45, 2.75) is 24.4 Å². The first-order chi connectivity index (χ1) is 15.9. The van der Waals surface area contributed by atoms with E-state index in [1.165, 1.54) is 24.3 Å². The zero-order valence-electron chi connectivity index (χ0n) is 17.7. The highest BCUT2D eigenvalue weighted by molar-refractivity contribution is 7.89. The minimum atomic E-state index is -3.79. The van der Waals surface area contributed by atoms with Gasteiger partial charge in [0.05, 0.1) is 28.1 Å². The molecular formula is C24H23N3O5S. The second kappa shape index (κ2) is 9.85. The summed E-state index contributed by atoms with van der Waals surface area (Å²) in [4.78, 5) is 27.3. The lowest BCUT2D eigenvalue weighted by atomic mass is 10.2. The van der Waals surface area contributed by atoms with Gasteiger partial charge in [-0.1, -0.05) is 48.5 Å². The number of H-pyrrole nitrogens is 1. The highest BCUT2D eigenvalue weighted by Crippen LogP contribution is 2.14. The molecule has 2 N–H and O–H groups in total. The number of rotatable bonds is 9. The molecule has 0 aliphatic rings. The predicted molar refractivity (Wildman–Crippen MR) is 124 cm³/mol. The van der Waals surface area contributed by atoms with E-state index in [0.29, 0.717) is 13.0 Å². The molecule has 0 saturated heterocycles. The molecule has 0 unspecified atom stereocenters. The van der Waals surface area contributed by atoms with Crippen LogP contribution in [-0.2, 0) is 27.8 Å². The number of nitrogens with one attached hydrogen (secondary N) is 2. The number of benzene rings is 3. The van der Waals surface area contributed by atoms with Crippen molar-refractivity contribution in [2.75, 3.05) is 6.61 Å². The molecule has 3 aromatic carbocycles. The van der Waals surface area contributed by atoms with Crippen LogP contribution < -0.4 is 10.4 Å². The number of hydrogen-bond donors (Lipinski definition) is 2. The van der Waals surface area contributed by atoms with Gasteiger partial charge in [-0.15, -0.1) is 0 Å². The first kappa shape index (κ1) is 22.5. The molecule has 0 spiro atoms. The van der Waals surface area contributed by atoms with Crippen LogP contribution in [-0.4, -0.2) is 30.5 Å². The third-order valence-corrected chi connectivity index (χ3v) is 6.53. The minimum Gasteiger partial charge on any atom is -0.462 e. The standard InChI is InChI=1S/C24H23N3O5S/c28-23(32-15-7-14-27-22-13-5-4-12-21(22)26-24(27)29)19-10-6-11-20(16-19)33(30,31)25-17-18-8-2-1-3-9-18/h1-6,8-13,16,25H,7,14-15,17H2,(H,26,29). The number of imidazole rings is 1. The molecule has 170 valence electrons. The van der Waals surface area contributed by atoms with Crippen molar-refractivity contribution in [3.05, 3.63) is 100 Å². The second-order valence-corrected chi connectivity index (χ2v) is 9.19. The predicted octanol–water partition coefficient (Wildman–Crippen LogP) is 3.06. The van der Waals surface area contributed by atoms with E-state index in [4.69, 9.17) is 4.74 Å². The zero-order chi connectivity index (χ0) is 23.3. The van der Waals surface area contributed by atoms with Gasteiger partial charge < -0.3 is 9.72 Å². The first-order valence-electron chi connectivity index (χ1n) is 10.4. The average molecular weight is 466 g/mol. The minimum absolute atomic E-state index is 0.0155. The lowest BCUT2D eigenvalue weighted by molar-refractivity contribution is 0.0496. The normalized spacial score (nSPS) is 11.5. The van der Waals surface area contributed by atoms with Crippen LogP contribution in [0.1, 0.15) is 22.3 Å². The lowest BCUT2D eigenvalue weighted by Gasteiger charge is -2.09. The Kier molecular flexibility index (Phi) is 6.71. The smallest absolute Gasteiger partial charge is 0.338 e. The van der Waals surface area contributed by atoms with E-state index in [9.17, 15) is 18.0 Å². The largest absolute Gasteiger partial charge is 0.462 e. The number of aromatic amines is 1. The molecule has 4 aromatic rings. The summed E-state index contributed by atoms with van der Waals surface area (Å²) in [6.07, 6.45) is 0.435. The average Bonchev–Trinajstić information content (AvgIpc) is 3.16. The lowest BCUT2D eigenvalue weighted by Crippen LogP contribution is -2.23. The van der Waals surface area contributed by atoms with E-state index < -0.39 is 16.0 Å². The molecule has 0 aliphatic carbocycles. The highest BCUT2D eigenvalue weighted by Gasteiger charge is 2.17. The van der Waals surface area contributed by atoms with E-state index in [0.717, 1.165) is 16.6 Å². The SMILES string of the molecule is O=C(OCCCn1c(=O)[nH]c2ccccc21)c1cccc(S(=O)(=O)NCc2ccccc2)c1. The number of fused-ring (bicyclic) bond motifs is 1. The molecule has 0 radical (unpaired) electrons. The molecule has 0 aliphatic heterocycles. The van der Waals surface area contributed by atoms with Crippen LogP contribution in [0.2, 0.25) is 0 Å². The fourth-order valence-electron chi connectivity index (χ4n) is 3.45. The van der Waals surface area contributed by atoms with Crippen LogP contribution in [0.4, 0.5) is 0 Å². The van der Waals surface area contributed by atoms with Gasteiger partial charge in [-0.2, -0.15) is 0 Å². The monoisotopic (exact) mass is 465 g/mol. The maximum atomic E-state index is 12.6. The first-order valence-corrected chi connectivity index (χ1v) is 11.9. The van der Waals surface area contributed by atoms with Gasteiger partial charge in [0.1, 0.15) is 0 Å².